The van der Waals surface area contributed by atoms with Crippen molar-refractivity contribution in [2.24, 2.45) is 11.7 Å². The van der Waals surface area contributed by atoms with Crippen LogP contribution in [-0.4, -0.2) is 11.4 Å². The highest BCUT2D eigenvalue weighted by Gasteiger charge is 2.35. The summed E-state index contributed by atoms with van der Waals surface area (Å²) in [5.41, 5.74) is 5.62. The molecule has 0 radical (unpaired) electrons. The Hall–Kier alpha value is -1.54. The summed E-state index contributed by atoms with van der Waals surface area (Å²) in [5, 5.41) is 12.2. The zero-order valence-corrected chi connectivity index (χ0v) is 12.2. The number of rotatable bonds is 4. The van der Waals surface area contributed by atoms with Gasteiger partial charge in [0.1, 0.15) is 11.6 Å². The van der Waals surface area contributed by atoms with Gasteiger partial charge in [-0.25, -0.2) is 0 Å². The monoisotopic (exact) mass is 309 g/mol. The van der Waals surface area contributed by atoms with Crippen molar-refractivity contribution in [2.75, 3.05) is 5.32 Å². The van der Waals surface area contributed by atoms with E-state index in [1.807, 2.05) is 13.8 Å². The molecule has 0 aliphatic carbocycles. The minimum absolute atomic E-state index is 0.000486. The van der Waals surface area contributed by atoms with Crippen LogP contribution in [0.3, 0.4) is 0 Å². The number of benzene rings is 1. The standard InChI is InChI=1S/C13H16BrN3O/c1-8(2)13(3,12(16)18)17-11-6-4-5-10(14)9(11)7-15/h4-6,8,17H,1-3H3,(H2,16,18). The molecule has 0 heterocycles. The maximum absolute atomic E-state index is 11.6. The first-order valence-electron chi connectivity index (χ1n) is 5.59. The summed E-state index contributed by atoms with van der Waals surface area (Å²) >= 11 is 3.31. The fraction of sp³-hybridized carbons (Fsp3) is 0.385. The van der Waals surface area contributed by atoms with Crippen LogP contribution in [-0.2, 0) is 4.79 Å². The van der Waals surface area contributed by atoms with Crippen LogP contribution in [0.1, 0.15) is 26.3 Å². The van der Waals surface area contributed by atoms with Crippen LogP contribution in [0.5, 0.6) is 0 Å². The van der Waals surface area contributed by atoms with E-state index in [9.17, 15) is 4.79 Å². The highest BCUT2D eigenvalue weighted by molar-refractivity contribution is 9.10. The Kier molecular flexibility index (Phi) is 4.36. The highest BCUT2D eigenvalue weighted by Crippen LogP contribution is 2.29. The van der Waals surface area contributed by atoms with Crippen LogP contribution < -0.4 is 11.1 Å². The van der Waals surface area contributed by atoms with E-state index in [4.69, 9.17) is 11.0 Å². The van der Waals surface area contributed by atoms with Crippen molar-refractivity contribution in [2.45, 2.75) is 26.3 Å². The van der Waals surface area contributed by atoms with Crippen LogP contribution in [0, 0.1) is 17.2 Å². The van der Waals surface area contributed by atoms with Gasteiger partial charge in [-0.1, -0.05) is 19.9 Å². The lowest BCUT2D eigenvalue weighted by Gasteiger charge is -2.33. The number of primary amides is 1. The quantitative estimate of drug-likeness (QED) is 0.897. The van der Waals surface area contributed by atoms with Gasteiger partial charge in [0.25, 0.3) is 0 Å². The number of halogens is 1. The minimum atomic E-state index is -0.896. The van der Waals surface area contributed by atoms with Crippen LogP contribution in [0.2, 0.25) is 0 Å². The van der Waals surface area contributed by atoms with Gasteiger partial charge in [0, 0.05) is 4.47 Å². The topological polar surface area (TPSA) is 78.9 Å². The van der Waals surface area contributed by atoms with Crippen molar-refractivity contribution in [3.63, 3.8) is 0 Å². The second kappa shape index (κ2) is 5.40. The Labute approximate surface area is 115 Å². The summed E-state index contributed by atoms with van der Waals surface area (Å²) in [6, 6.07) is 7.44. The lowest BCUT2D eigenvalue weighted by atomic mass is 9.87. The number of carbonyl (C=O) groups excluding carboxylic acids is 1. The van der Waals surface area contributed by atoms with E-state index in [0.29, 0.717) is 15.7 Å². The number of hydrogen-bond acceptors (Lipinski definition) is 3. The SMILES string of the molecule is CC(C)C(C)(Nc1cccc(Br)c1C#N)C(N)=O. The fourth-order valence-corrected chi connectivity index (χ4v) is 1.97. The summed E-state index contributed by atoms with van der Waals surface area (Å²) in [4.78, 5) is 11.6. The molecule has 0 spiro atoms. The number of anilines is 1. The van der Waals surface area contributed by atoms with Crippen molar-refractivity contribution >= 4 is 27.5 Å². The molecule has 1 aromatic rings. The van der Waals surface area contributed by atoms with Gasteiger partial charge < -0.3 is 11.1 Å². The molecule has 3 N–H and O–H groups in total. The molecule has 1 atom stereocenters. The Morgan fingerprint density at radius 1 is 1.56 bits per heavy atom. The smallest absolute Gasteiger partial charge is 0.243 e. The first-order valence-corrected chi connectivity index (χ1v) is 6.39. The third-order valence-corrected chi connectivity index (χ3v) is 3.85. The average molecular weight is 310 g/mol. The molecule has 1 aromatic carbocycles. The summed E-state index contributed by atoms with van der Waals surface area (Å²) in [7, 11) is 0. The predicted molar refractivity (Wildman–Crippen MR) is 74.9 cm³/mol. The van der Waals surface area contributed by atoms with Crippen LogP contribution in [0.15, 0.2) is 22.7 Å². The molecule has 1 unspecified atom stereocenters. The van der Waals surface area contributed by atoms with Gasteiger partial charge in [0.15, 0.2) is 0 Å². The molecular formula is C13H16BrN3O. The number of hydrogen-bond donors (Lipinski definition) is 2. The van der Waals surface area contributed by atoms with Crippen molar-refractivity contribution in [1.82, 2.24) is 0 Å². The van der Waals surface area contributed by atoms with E-state index in [-0.39, 0.29) is 5.92 Å². The Bertz CT molecular complexity index is 507. The van der Waals surface area contributed by atoms with Crippen LogP contribution >= 0.6 is 15.9 Å². The number of nitrogens with two attached hydrogens (primary N) is 1. The second-order valence-electron chi connectivity index (χ2n) is 4.62. The molecule has 96 valence electrons. The third-order valence-electron chi connectivity index (χ3n) is 3.19. The van der Waals surface area contributed by atoms with E-state index in [1.165, 1.54) is 0 Å². The molecule has 0 aliphatic rings. The fourth-order valence-electron chi connectivity index (χ4n) is 1.51. The molecular weight excluding hydrogens is 294 g/mol. The van der Waals surface area contributed by atoms with E-state index < -0.39 is 11.4 Å². The Morgan fingerprint density at radius 2 is 2.17 bits per heavy atom. The van der Waals surface area contributed by atoms with Crippen molar-refractivity contribution in [3.05, 3.63) is 28.2 Å². The van der Waals surface area contributed by atoms with Gasteiger partial charge >= 0.3 is 0 Å². The number of amides is 1. The lowest BCUT2D eigenvalue weighted by Crippen LogP contribution is -2.52. The van der Waals surface area contributed by atoms with E-state index in [2.05, 4.69) is 27.3 Å². The molecule has 5 heteroatoms. The summed E-state index contributed by atoms with van der Waals surface area (Å²) in [6.07, 6.45) is 0. The average Bonchev–Trinajstić information content (AvgIpc) is 2.28. The van der Waals surface area contributed by atoms with Crippen LogP contribution in [0.25, 0.3) is 0 Å². The first-order chi connectivity index (χ1) is 8.32. The third kappa shape index (κ3) is 2.65. The first kappa shape index (κ1) is 14.5. The number of nitrogens with zero attached hydrogens (tertiary/aromatic N) is 1. The molecule has 18 heavy (non-hydrogen) atoms. The van der Waals surface area contributed by atoms with Gasteiger partial charge in [0.2, 0.25) is 5.91 Å². The van der Waals surface area contributed by atoms with Gasteiger partial charge in [-0.15, -0.1) is 0 Å². The van der Waals surface area contributed by atoms with E-state index in [1.54, 1.807) is 25.1 Å². The normalized spacial score (nSPS) is 13.8. The molecule has 0 aliphatic heterocycles. The molecule has 0 saturated carbocycles. The van der Waals surface area contributed by atoms with Crippen molar-refractivity contribution in [1.29, 1.82) is 5.26 Å². The molecule has 1 amide bonds. The molecule has 1 rings (SSSR count). The zero-order valence-electron chi connectivity index (χ0n) is 10.6. The molecule has 0 saturated heterocycles. The maximum atomic E-state index is 11.6. The number of nitrogens with one attached hydrogen (secondary N) is 1. The summed E-state index contributed by atoms with van der Waals surface area (Å²) in [5.74, 6) is -0.443. The van der Waals surface area contributed by atoms with Gasteiger partial charge in [0.05, 0.1) is 11.3 Å². The Balaban J connectivity index is 3.22. The zero-order chi connectivity index (χ0) is 13.9. The van der Waals surface area contributed by atoms with Gasteiger partial charge in [-0.3, -0.25) is 4.79 Å². The van der Waals surface area contributed by atoms with Gasteiger partial charge in [-0.2, -0.15) is 5.26 Å². The van der Waals surface area contributed by atoms with Gasteiger partial charge in [-0.05, 0) is 40.9 Å². The number of nitriles is 1. The largest absolute Gasteiger partial charge is 0.370 e. The Morgan fingerprint density at radius 3 is 2.61 bits per heavy atom. The summed E-state index contributed by atoms with van der Waals surface area (Å²) in [6.45, 7) is 5.55. The summed E-state index contributed by atoms with van der Waals surface area (Å²) < 4.78 is 0.686. The molecule has 0 fully saturated rings. The van der Waals surface area contributed by atoms with Crippen LogP contribution in [0.4, 0.5) is 5.69 Å². The van der Waals surface area contributed by atoms with E-state index >= 15 is 0 Å². The van der Waals surface area contributed by atoms with Crippen molar-refractivity contribution in [3.8, 4) is 6.07 Å². The number of carbonyl (C=O) groups is 1. The predicted octanol–water partition coefficient (Wildman–Crippen LogP) is 2.63. The molecule has 0 bridgehead atoms. The van der Waals surface area contributed by atoms with Crippen molar-refractivity contribution < 1.29 is 4.79 Å². The molecule has 0 aromatic heterocycles. The highest BCUT2D eigenvalue weighted by atomic mass is 79.9. The molecule has 4 nitrogen and oxygen atoms in total. The maximum Gasteiger partial charge on any atom is 0.243 e. The minimum Gasteiger partial charge on any atom is -0.370 e. The van der Waals surface area contributed by atoms with E-state index in [0.717, 1.165) is 0 Å². The second-order valence-corrected chi connectivity index (χ2v) is 5.47. The lowest BCUT2D eigenvalue weighted by molar-refractivity contribution is -0.123.